The number of aliphatic imine (C=N–C) groups is 1. The first kappa shape index (κ1) is 20.5. The number of hydrogen-bond donors (Lipinski definition) is 2. The molecule has 0 unspecified atom stereocenters. The number of halogens is 1. The number of H-pyrrole nitrogens is 1. The van der Waals surface area contributed by atoms with Crippen molar-refractivity contribution in [3.05, 3.63) is 80.0 Å². The predicted molar refractivity (Wildman–Crippen MR) is 118 cm³/mol. The van der Waals surface area contributed by atoms with Gasteiger partial charge in [0.25, 0.3) is 5.56 Å². The van der Waals surface area contributed by atoms with Gasteiger partial charge in [-0.3, -0.25) is 9.78 Å². The van der Waals surface area contributed by atoms with Gasteiger partial charge in [-0.2, -0.15) is 0 Å². The molecule has 9 nitrogen and oxygen atoms in total. The van der Waals surface area contributed by atoms with Gasteiger partial charge in [-0.05, 0) is 42.5 Å². The van der Waals surface area contributed by atoms with Crippen molar-refractivity contribution in [3.63, 3.8) is 0 Å². The molecule has 0 amide bonds. The maximum Gasteiger partial charge on any atom is 0.335 e. The quantitative estimate of drug-likeness (QED) is 0.446. The maximum atomic E-state index is 12.2. The highest BCUT2D eigenvalue weighted by molar-refractivity contribution is 7.18. The summed E-state index contributed by atoms with van der Waals surface area (Å²) in [6.45, 7) is 0. The molecule has 0 radical (unpaired) electrons. The Labute approximate surface area is 183 Å². The molecule has 2 heterocycles. The van der Waals surface area contributed by atoms with Crippen molar-refractivity contribution >= 4 is 34.3 Å². The minimum atomic E-state index is -0.806. The van der Waals surface area contributed by atoms with Gasteiger partial charge in [-0.25, -0.2) is 14.4 Å². The number of aromatic amines is 1. The summed E-state index contributed by atoms with van der Waals surface area (Å²) in [7, 11) is 1.58. The summed E-state index contributed by atoms with van der Waals surface area (Å²) in [5.41, 5.74) is -0.682. The fraction of sp³-hybridized carbons (Fsp3) is 0.0500. The molecule has 0 saturated heterocycles. The highest BCUT2D eigenvalue weighted by Crippen LogP contribution is 2.29. The van der Waals surface area contributed by atoms with Crippen LogP contribution in [0.2, 0.25) is 5.02 Å². The molecule has 2 aromatic carbocycles. The van der Waals surface area contributed by atoms with Crippen LogP contribution in [-0.4, -0.2) is 38.2 Å². The molecule has 0 fully saturated rings. The van der Waals surface area contributed by atoms with Crippen LogP contribution in [0.15, 0.2) is 63.1 Å². The van der Waals surface area contributed by atoms with Crippen LogP contribution in [0.1, 0.15) is 5.56 Å². The minimum absolute atomic E-state index is 0.208. The van der Waals surface area contributed by atoms with E-state index >= 15 is 0 Å². The van der Waals surface area contributed by atoms with E-state index in [9.17, 15) is 14.7 Å². The molecule has 2 N–H and O–H groups in total. The van der Waals surface area contributed by atoms with Crippen molar-refractivity contribution in [2.24, 2.45) is 4.99 Å². The summed E-state index contributed by atoms with van der Waals surface area (Å²) in [4.78, 5) is 30.8. The lowest BCUT2D eigenvalue weighted by molar-refractivity contribution is 0.415. The number of nitrogens with zero attached hydrogens (tertiary/aromatic N) is 4. The smallest absolute Gasteiger partial charge is 0.335 e. The van der Waals surface area contributed by atoms with Gasteiger partial charge >= 0.3 is 5.69 Å². The molecule has 0 aliphatic carbocycles. The van der Waals surface area contributed by atoms with E-state index in [0.29, 0.717) is 15.7 Å². The Bertz CT molecular complexity index is 1390. The number of nitrogens with one attached hydrogen (secondary N) is 1. The lowest BCUT2D eigenvalue weighted by atomic mass is 10.2. The average molecular weight is 456 g/mol. The molecule has 4 rings (SSSR count). The molecule has 11 heteroatoms. The third-order valence-electron chi connectivity index (χ3n) is 4.24. The summed E-state index contributed by atoms with van der Waals surface area (Å²) in [6, 6.07) is 13.6. The van der Waals surface area contributed by atoms with Crippen molar-refractivity contribution in [1.29, 1.82) is 0 Å². The second-order valence-electron chi connectivity index (χ2n) is 6.19. The first-order valence-electron chi connectivity index (χ1n) is 8.82. The molecular weight excluding hydrogens is 442 g/mol. The number of aromatic nitrogens is 4. The number of rotatable bonds is 5. The van der Waals surface area contributed by atoms with Gasteiger partial charge in [0.2, 0.25) is 11.0 Å². The highest BCUT2D eigenvalue weighted by atomic mass is 35.5. The van der Waals surface area contributed by atoms with Crippen LogP contribution in [0, 0.1) is 0 Å². The molecule has 0 saturated carbocycles. The summed E-state index contributed by atoms with van der Waals surface area (Å²) in [6.07, 6.45) is 1.13. The van der Waals surface area contributed by atoms with Gasteiger partial charge in [0.15, 0.2) is 0 Å². The zero-order valence-corrected chi connectivity index (χ0v) is 17.5. The van der Waals surface area contributed by atoms with E-state index in [4.69, 9.17) is 16.3 Å². The molecule has 0 bridgehead atoms. The summed E-state index contributed by atoms with van der Waals surface area (Å²) in [5, 5.41) is 19.9. The molecule has 4 aromatic rings. The van der Waals surface area contributed by atoms with Gasteiger partial charge in [0.05, 0.1) is 12.8 Å². The Hall–Kier alpha value is -3.76. The largest absolute Gasteiger partial charge is 0.497 e. The zero-order valence-electron chi connectivity index (χ0n) is 15.9. The van der Waals surface area contributed by atoms with Crippen LogP contribution in [0.5, 0.6) is 11.6 Å². The Morgan fingerprint density at radius 2 is 1.97 bits per heavy atom. The van der Waals surface area contributed by atoms with Crippen LogP contribution in [0.3, 0.4) is 0 Å². The van der Waals surface area contributed by atoms with Gasteiger partial charge in [0.1, 0.15) is 16.3 Å². The van der Waals surface area contributed by atoms with Crippen LogP contribution in [-0.2, 0) is 0 Å². The van der Waals surface area contributed by atoms with Crippen molar-refractivity contribution < 1.29 is 9.84 Å². The van der Waals surface area contributed by atoms with Gasteiger partial charge in [0, 0.05) is 16.8 Å². The van der Waals surface area contributed by atoms with Crippen LogP contribution in [0.25, 0.3) is 16.3 Å². The molecule has 0 atom stereocenters. The first-order valence-corrected chi connectivity index (χ1v) is 10.0. The van der Waals surface area contributed by atoms with E-state index in [1.807, 2.05) is 12.1 Å². The Kier molecular flexibility index (Phi) is 5.65. The van der Waals surface area contributed by atoms with Crippen LogP contribution >= 0.6 is 22.9 Å². The molecule has 0 spiro atoms. The third-order valence-corrected chi connectivity index (χ3v) is 5.36. The minimum Gasteiger partial charge on any atom is -0.497 e. The van der Waals surface area contributed by atoms with Gasteiger partial charge in [-0.1, -0.05) is 29.0 Å². The number of benzene rings is 2. The topological polar surface area (TPSA) is 122 Å². The van der Waals surface area contributed by atoms with E-state index in [0.717, 1.165) is 22.1 Å². The fourth-order valence-corrected chi connectivity index (χ4v) is 3.63. The molecule has 2 aromatic heterocycles. The number of hydrogen-bond acceptors (Lipinski definition) is 8. The van der Waals surface area contributed by atoms with Crippen molar-refractivity contribution in [1.82, 2.24) is 19.7 Å². The van der Waals surface area contributed by atoms with Crippen LogP contribution < -0.4 is 16.0 Å². The predicted octanol–water partition coefficient (Wildman–Crippen LogP) is 3.16. The first-order chi connectivity index (χ1) is 15.0. The molecule has 31 heavy (non-hydrogen) atoms. The Morgan fingerprint density at radius 1 is 1.19 bits per heavy atom. The molecule has 0 aliphatic rings. The lowest BCUT2D eigenvalue weighted by Crippen LogP contribution is -2.31. The standard InChI is InChI=1S/C20H14ClN5O4S/c1-30-14-7-5-11(6-8-14)17-24-25-19(31-17)22-10-15-16(27)23-20(29)26(18(15)28)13-4-2-3-12(21)9-13/h2-10,28H,1H3,(H,23,27,29)/b22-10+. The third kappa shape index (κ3) is 4.25. The van der Waals surface area contributed by atoms with E-state index in [-0.39, 0.29) is 10.7 Å². The summed E-state index contributed by atoms with van der Waals surface area (Å²) < 4.78 is 6.06. The molecule has 0 aliphatic heterocycles. The molecule has 156 valence electrons. The number of ether oxygens (including phenoxy) is 1. The lowest BCUT2D eigenvalue weighted by Gasteiger charge is -2.09. The van der Waals surface area contributed by atoms with E-state index in [1.54, 1.807) is 37.4 Å². The highest BCUT2D eigenvalue weighted by Gasteiger charge is 2.15. The maximum absolute atomic E-state index is 12.2. The second-order valence-corrected chi connectivity index (χ2v) is 7.58. The Morgan fingerprint density at radius 3 is 2.68 bits per heavy atom. The number of methoxy groups -OCH3 is 1. The SMILES string of the molecule is COc1ccc(-c2nnc(/N=C/c3c(O)n(-c4cccc(Cl)c4)c(=O)[nH]c3=O)s2)cc1. The van der Waals surface area contributed by atoms with Crippen molar-refractivity contribution in [2.45, 2.75) is 0 Å². The van der Waals surface area contributed by atoms with E-state index in [2.05, 4.69) is 20.2 Å². The zero-order chi connectivity index (χ0) is 22.0. The number of aromatic hydroxyl groups is 1. The second kappa shape index (κ2) is 8.54. The van der Waals surface area contributed by atoms with E-state index < -0.39 is 17.1 Å². The van der Waals surface area contributed by atoms with Crippen LogP contribution in [0.4, 0.5) is 5.13 Å². The fourth-order valence-electron chi connectivity index (χ4n) is 2.75. The van der Waals surface area contributed by atoms with Gasteiger partial charge < -0.3 is 9.84 Å². The van der Waals surface area contributed by atoms with Gasteiger partial charge in [-0.15, -0.1) is 10.2 Å². The summed E-state index contributed by atoms with van der Waals surface area (Å²) >= 11 is 7.16. The summed E-state index contributed by atoms with van der Waals surface area (Å²) in [5.74, 6) is 0.149. The van der Waals surface area contributed by atoms with Crippen molar-refractivity contribution in [3.8, 4) is 27.9 Å². The molecular formula is C20H14ClN5O4S. The monoisotopic (exact) mass is 455 g/mol. The average Bonchev–Trinajstić information content (AvgIpc) is 3.22. The van der Waals surface area contributed by atoms with E-state index in [1.165, 1.54) is 17.4 Å². The van der Waals surface area contributed by atoms with Crippen molar-refractivity contribution in [2.75, 3.05) is 7.11 Å². The Balaban J connectivity index is 1.68. The normalized spacial score (nSPS) is 11.2.